The summed E-state index contributed by atoms with van der Waals surface area (Å²) in [6, 6.07) is 0. The zero-order valence-corrected chi connectivity index (χ0v) is 23.1. The molecule has 0 aliphatic carbocycles. The normalized spacial score (nSPS) is 15.5. The van der Waals surface area contributed by atoms with E-state index >= 15 is 0 Å². The Morgan fingerprint density at radius 3 is 1.21 bits per heavy atom. The van der Waals surface area contributed by atoms with Crippen LogP contribution in [-0.4, -0.2) is 39.6 Å². The van der Waals surface area contributed by atoms with Gasteiger partial charge in [-0.25, -0.2) is 0 Å². The van der Waals surface area contributed by atoms with E-state index in [-0.39, 0.29) is 0 Å². The SMILES string of the molecule is CCO[Si](C)(C)C(CC)SSSSSSC(CC)[Si](C)(C)OCC. The number of rotatable bonds is 15. The lowest BCUT2D eigenvalue weighted by Gasteiger charge is -2.30. The molecule has 0 saturated carbocycles. The Bertz CT molecular complexity index is 294. The van der Waals surface area contributed by atoms with Crippen LogP contribution in [0.2, 0.25) is 26.2 Å². The summed E-state index contributed by atoms with van der Waals surface area (Å²) >= 11 is 0. The van der Waals surface area contributed by atoms with Crippen LogP contribution < -0.4 is 0 Å². The van der Waals surface area contributed by atoms with E-state index in [1.54, 1.807) is 0 Å². The Kier molecular flexibility index (Phi) is 15.9. The van der Waals surface area contributed by atoms with Gasteiger partial charge in [0.2, 0.25) is 0 Å². The summed E-state index contributed by atoms with van der Waals surface area (Å²) in [4.78, 5) is 1.31. The maximum absolute atomic E-state index is 6.04. The first kappa shape index (κ1) is 26.5. The maximum Gasteiger partial charge on any atom is 0.200 e. The van der Waals surface area contributed by atoms with E-state index in [2.05, 4.69) is 53.9 Å². The summed E-state index contributed by atoms with van der Waals surface area (Å²) in [7, 11) is 8.48. The topological polar surface area (TPSA) is 18.5 Å². The monoisotopic (exact) mass is 482 g/mol. The fourth-order valence-electron chi connectivity index (χ4n) is 2.43. The average molecular weight is 483 g/mol. The molecule has 0 rings (SSSR count). The van der Waals surface area contributed by atoms with Crippen LogP contribution in [0.5, 0.6) is 0 Å². The van der Waals surface area contributed by atoms with Gasteiger partial charge in [-0.1, -0.05) is 35.4 Å². The predicted octanol–water partition coefficient (Wildman–Crippen LogP) is 8.08. The Morgan fingerprint density at radius 2 is 0.958 bits per heavy atom. The standard InChI is InChI=1S/C14H34O2S6Si2/c1-9-13(23(5,6)15-11-3)17-19-21-22-20-18-14(10-2)24(7,8)16-12-4/h13-14H,9-12H2,1-8H3. The second-order valence-corrected chi connectivity index (χ2v) is 25.3. The first-order valence-electron chi connectivity index (χ1n) is 8.51. The first-order chi connectivity index (χ1) is 11.2. The lowest BCUT2D eigenvalue weighted by atomic mass is 10.6. The average Bonchev–Trinajstić information content (AvgIpc) is 2.49. The van der Waals surface area contributed by atoms with Crippen molar-refractivity contribution in [2.45, 2.75) is 76.5 Å². The van der Waals surface area contributed by atoms with Gasteiger partial charge in [0.05, 0.1) is 0 Å². The van der Waals surface area contributed by atoms with Crippen molar-refractivity contribution in [2.24, 2.45) is 0 Å². The molecular formula is C14H34O2S6Si2. The highest BCUT2D eigenvalue weighted by molar-refractivity contribution is 9.42. The van der Waals surface area contributed by atoms with E-state index in [0.717, 1.165) is 13.2 Å². The van der Waals surface area contributed by atoms with Gasteiger partial charge in [0.15, 0.2) is 16.6 Å². The van der Waals surface area contributed by atoms with E-state index in [4.69, 9.17) is 8.85 Å². The molecule has 24 heavy (non-hydrogen) atoms. The van der Waals surface area contributed by atoms with Crippen LogP contribution in [0, 0.1) is 0 Å². The second-order valence-electron chi connectivity index (χ2n) is 6.33. The van der Waals surface area contributed by atoms with Gasteiger partial charge in [0.1, 0.15) is 0 Å². The zero-order valence-electron chi connectivity index (χ0n) is 16.2. The highest BCUT2D eigenvalue weighted by Crippen LogP contribution is 2.55. The molecule has 2 nitrogen and oxygen atoms in total. The minimum Gasteiger partial charge on any atom is -0.417 e. The van der Waals surface area contributed by atoms with Gasteiger partial charge in [-0.3, -0.25) is 0 Å². The molecule has 146 valence electrons. The van der Waals surface area contributed by atoms with Crippen LogP contribution >= 0.6 is 60.9 Å². The minimum atomic E-state index is -1.56. The molecular weight excluding hydrogens is 449 g/mol. The van der Waals surface area contributed by atoms with Crippen molar-refractivity contribution in [3.63, 3.8) is 0 Å². The van der Waals surface area contributed by atoms with Gasteiger partial charge < -0.3 is 8.85 Å². The Balaban J connectivity index is 4.04. The van der Waals surface area contributed by atoms with Gasteiger partial charge in [0.25, 0.3) is 0 Å². The summed E-state index contributed by atoms with van der Waals surface area (Å²) in [5.41, 5.74) is 0. The van der Waals surface area contributed by atoms with Crippen molar-refractivity contribution >= 4 is 77.5 Å². The highest BCUT2D eigenvalue weighted by atomic mass is 33.9. The van der Waals surface area contributed by atoms with Crippen LogP contribution in [0.1, 0.15) is 40.5 Å². The van der Waals surface area contributed by atoms with Gasteiger partial charge in [-0.2, -0.15) is 0 Å². The second kappa shape index (κ2) is 14.5. The molecule has 2 unspecified atom stereocenters. The van der Waals surface area contributed by atoms with Crippen LogP contribution in [0.4, 0.5) is 0 Å². The molecule has 0 heterocycles. The Hall–Kier alpha value is 2.45. The summed E-state index contributed by atoms with van der Waals surface area (Å²) in [5, 5.41) is 0. The molecule has 0 aliphatic rings. The molecule has 10 heteroatoms. The van der Waals surface area contributed by atoms with Crippen LogP contribution in [0.25, 0.3) is 0 Å². The van der Waals surface area contributed by atoms with E-state index in [0.29, 0.717) is 9.75 Å². The summed E-state index contributed by atoms with van der Waals surface area (Å²) in [6.45, 7) is 19.8. The van der Waals surface area contributed by atoms with Gasteiger partial charge >= 0.3 is 0 Å². The molecule has 0 bridgehead atoms. The Labute approximate surface area is 174 Å². The quantitative estimate of drug-likeness (QED) is 0.131. The summed E-state index contributed by atoms with van der Waals surface area (Å²) in [6.07, 6.45) is 2.38. The predicted molar refractivity (Wildman–Crippen MR) is 132 cm³/mol. The van der Waals surface area contributed by atoms with E-state index < -0.39 is 16.6 Å². The lowest BCUT2D eigenvalue weighted by Crippen LogP contribution is -2.42. The molecule has 0 N–H and O–H groups in total. The van der Waals surface area contributed by atoms with Crippen molar-refractivity contribution in [1.82, 2.24) is 0 Å². The molecule has 0 amide bonds. The fraction of sp³-hybridized carbons (Fsp3) is 1.00. The molecule has 0 fully saturated rings. The van der Waals surface area contributed by atoms with Crippen LogP contribution in [-0.2, 0) is 8.85 Å². The van der Waals surface area contributed by atoms with E-state index in [1.165, 1.54) is 12.8 Å². The molecule has 0 aliphatic heterocycles. The largest absolute Gasteiger partial charge is 0.417 e. The van der Waals surface area contributed by atoms with Crippen molar-refractivity contribution in [2.75, 3.05) is 13.2 Å². The third-order valence-electron chi connectivity index (χ3n) is 3.72. The molecule has 0 spiro atoms. The van der Waals surface area contributed by atoms with Gasteiger partial charge in [-0.05, 0) is 92.2 Å². The molecule has 0 aromatic heterocycles. The summed E-state index contributed by atoms with van der Waals surface area (Å²) < 4.78 is 12.1. The fourth-order valence-corrected chi connectivity index (χ4v) is 26.4. The third-order valence-corrected chi connectivity index (χ3v) is 26.1. The lowest BCUT2D eigenvalue weighted by molar-refractivity contribution is 0.326. The molecule has 0 radical (unpaired) electrons. The van der Waals surface area contributed by atoms with E-state index in [1.807, 2.05) is 60.9 Å². The zero-order chi connectivity index (χ0) is 18.6. The van der Waals surface area contributed by atoms with Gasteiger partial charge in [-0.15, -0.1) is 0 Å². The summed E-state index contributed by atoms with van der Waals surface area (Å²) in [5.74, 6) is 0. The van der Waals surface area contributed by atoms with Crippen molar-refractivity contribution in [3.05, 3.63) is 0 Å². The number of hydrogen-bond donors (Lipinski definition) is 0. The van der Waals surface area contributed by atoms with Crippen molar-refractivity contribution < 1.29 is 8.85 Å². The van der Waals surface area contributed by atoms with Crippen LogP contribution in [0.3, 0.4) is 0 Å². The molecule has 0 aromatic carbocycles. The first-order valence-corrected chi connectivity index (χ1v) is 22.1. The maximum atomic E-state index is 6.04. The minimum absolute atomic E-state index is 0.654. The smallest absolute Gasteiger partial charge is 0.200 e. The highest BCUT2D eigenvalue weighted by Gasteiger charge is 2.34. The van der Waals surface area contributed by atoms with E-state index in [9.17, 15) is 0 Å². The number of hydrogen-bond acceptors (Lipinski definition) is 8. The molecule has 2 atom stereocenters. The Morgan fingerprint density at radius 1 is 0.625 bits per heavy atom. The van der Waals surface area contributed by atoms with Crippen molar-refractivity contribution in [1.29, 1.82) is 0 Å². The van der Waals surface area contributed by atoms with Gasteiger partial charge in [0, 0.05) is 23.0 Å². The van der Waals surface area contributed by atoms with Crippen molar-refractivity contribution in [3.8, 4) is 0 Å². The third kappa shape index (κ3) is 10.7. The van der Waals surface area contributed by atoms with Crippen LogP contribution in [0.15, 0.2) is 0 Å². The molecule has 0 saturated heterocycles. The molecule has 0 aromatic rings.